The molecule has 1 aliphatic heterocycles. The quantitative estimate of drug-likeness (QED) is 0.927. The van der Waals surface area contributed by atoms with Crippen LogP contribution in [-0.2, 0) is 16.1 Å². The van der Waals surface area contributed by atoms with Gasteiger partial charge in [-0.25, -0.2) is 9.59 Å². The molecule has 1 aromatic rings. The van der Waals surface area contributed by atoms with Gasteiger partial charge in [-0.05, 0) is 36.7 Å². The summed E-state index contributed by atoms with van der Waals surface area (Å²) >= 11 is 0. The van der Waals surface area contributed by atoms with E-state index in [-0.39, 0.29) is 12.0 Å². The summed E-state index contributed by atoms with van der Waals surface area (Å²) in [6.07, 6.45) is 5.42. The number of ether oxygens (including phenoxy) is 1. The van der Waals surface area contributed by atoms with Crippen molar-refractivity contribution in [1.29, 1.82) is 0 Å². The fourth-order valence-corrected chi connectivity index (χ4v) is 3.93. The first kappa shape index (κ1) is 15.8. The molecule has 1 aliphatic carbocycles. The molecule has 124 valence electrons. The zero-order valence-electron chi connectivity index (χ0n) is 13.2. The Labute approximate surface area is 136 Å². The summed E-state index contributed by atoms with van der Waals surface area (Å²) in [5.74, 6) is -0.936. The Morgan fingerprint density at radius 3 is 2.52 bits per heavy atom. The Morgan fingerprint density at radius 2 is 1.87 bits per heavy atom. The minimum Gasteiger partial charge on any atom is -0.480 e. The predicted molar refractivity (Wildman–Crippen MR) is 84.9 cm³/mol. The first-order valence-electron chi connectivity index (χ1n) is 8.30. The second-order valence-corrected chi connectivity index (χ2v) is 6.77. The number of rotatable bonds is 3. The summed E-state index contributed by atoms with van der Waals surface area (Å²) in [4.78, 5) is 25.4. The van der Waals surface area contributed by atoms with Gasteiger partial charge >= 0.3 is 12.1 Å². The fourth-order valence-electron chi connectivity index (χ4n) is 3.93. The molecule has 5 heteroatoms. The normalized spacial score (nSPS) is 23.0. The molecule has 1 unspecified atom stereocenters. The van der Waals surface area contributed by atoms with Gasteiger partial charge in [0, 0.05) is 6.54 Å². The Morgan fingerprint density at radius 1 is 1.17 bits per heavy atom. The van der Waals surface area contributed by atoms with Crippen molar-refractivity contribution in [2.24, 2.45) is 5.41 Å². The second kappa shape index (κ2) is 6.60. The molecule has 23 heavy (non-hydrogen) atoms. The number of hydrogen-bond acceptors (Lipinski definition) is 3. The summed E-state index contributed by atoms with van der Waals surface area (Å²) in [7, 11) is 0. The van der Waals surface area contributed by atoms with Crippen LogP contribution in [0.15, 0.2) is 30.3 Å². The summed E-state index contributed by atoms with van der Waals surface area (Å²) in [5, 5.41) is 9.42. The Kier molecular flexibility index (Phi) is 4.55. The van der Waals surface area contributed by atoms with Crippen molar-refractivity contribution in [3.8, 4) is 0 Å². The maximum atomic E-state index is 12.5. The number of benzene rings is 1. The van der Waals surface area contributed by atoms with E-state index in [1.165, 1.54) is 17.7 Å². The Balaban J connectivity index is 1.67. The number of carbonyl (C=O) groups excluding carboxylic acids is 1. The van der Waals surface area contributed by atoms with Crippen LogP contribution in [-0.4, -0.2) is 34.7 Å². The number of aliphatic carboxylic acids is 1. The van der Waals surface area contributed by atoms with Crippen LogP contribution in [0.4, 0.5) is 4.79 Å². The molecule has 1 saturated heterocycles. The standard InChI is InChI=1S/C18H23NO4/c20-16(21)15-8-11-18(9-4-5-10-18)13-19(15)17(22)23-12-14-6-2-1-3-7-14/h1-3,6-7,15H,4-5,8-13H2,(H,20,21). The van der Waals surface area contributed by atoms with E-state index in [4.69, 9.17) is 4.74 Å². The van der Waals surface area contributed by atoms with Crippen LogP contribution in [0.2, 0.25) is 0 Å². The maximum Gasteiger partial charge on any atom is 0.410 e. The molecule has 1 saturated carbocycles. The molecule has 2 fully saturated rings. The molecule has 2 aliphatic rings. The largest absolute Gasteiger partial charge is 0.480 e. The lowest BCUT2D eigenvalue weighted by atomic mass is 9.76. The lowest BCUT2D eigenvalue weighted by molar-refractivity contribution is -0.145. The van der Waals surface area contributed by atoms with Crippen LogP contribution in [0, 0.1) is 5.41 Å². The van der Waals surface area contributed by atoms with Gasteiger partial charge in [-0.1, -0.05) is 43.2 Å². The van der Waals surface area contributed by atoms with Crippen LogP contribution in [0.25, 0.3) is 0 Å². The minimum atomic E-state index is -0.936. The highest BCUT2D eigenvalue weighted by atomic mass is 16.6. The monoisotopic (exact) mass is 317 g/mol. The number of piperidine rings is 1. The van der Waals surface area contributed by atoms with Gasteiger partial charge < -0.3 is 9.84 Å². The number of carbonyl (C=O) groups is 2. The molecule has 3 rings (SSSR count). The fraction of sp³-hybridized carbons (Fsp3) is 0.556. The van der Waals surface area contributed by atoms with E-state index in [2.05, 4.69) is 0 Å². The van der Waals surface area contributed by atoms with E-state index in [9.17, 15) is 14.7 Å². The number of likely N-dealkylation sites (tertiary alicyclic amines) is 1. The zero-order valence-corrected chi connectivity index (χ0v) is 13.2. The second-order valence-electron chi connectivity index (χ2n) is 6.77. The third-order valence-electron chi connectivity index (χ3n) is 5.22. The number of nitrogens with zero attached hydrogens (tertiary/aromatic N) is 1. The average Bonchev–Trinajstić information content (AvgIpc) is 3.01. The van der Waals surface area contributed by atoms with Gasteiger partial charge in [0.2, 0.25) is 0 Å². The maximum absolute atomic E-state index is 12.5. The molecule has 1 amide bonds. The van der Waals surface area contributed by atoms with Gasteiger partial charge in [0.15, 0.2) is 0 Å². The highest BCUT2D eigenvalue weighted by Crippen LogP contribution is 2.46. The van der Waals surface area contributed by atoms with E-state index < -0.39 is 18.1 Å². The summed E-state index contributed by atoms with van der Waals surface area (Å²) in [5.41, 5.74) is 1.01. The zero-order chi connectivity index (χ0) is 16.3. The van der Waals surface area contributed by atoms with Crippen molar-refractivity contribution >= 4 is 12.1 Å². The van der Waals surface area contributed by atoms with Gasteiger partial charge in [-0.2, -0.15) is 0 Å². The molecular weight excluding hydrogens is 294 g/mol. The van der Waals surface area contributed by atoms with E-state index in [1.807, 2.05) is 30.3 Å². The van der Waals surface area contributed by atoms with Crippen LogP contribution in [0.5, 0.6) is 0 Å². The van der Waals surface area contributed by atoms with Crippen LogP contribution in [0.1, 0.15) is 44.1 Å². The van der Waals surface area contributed by atoms with Crippen molar-refractivity contribution < 1.29 is 19.4 Å². The molecule has 1 atom stereocenters. The van der Waals surface area contributed by atoms with Gasteiger partial charge in [0.05, 0.1) is 0 Å². The van der Waals surface area contributed by atoms with Crippen LogP contribution < -0.4 is 0 Å². The SMILES string of the molecule is O=C(O)C1CCC2(CCCC2)CN1C(=O)OCc1ccccc1. The van der Waals surface area contributed by atoms with E-state index in [0.717, 1.165) is 24.8 Å². The first-order chi connectivity index (χ1) is 11.1. The molecule has 5 nitrogen and oxygen atoms in total. The van der Waals surface area contributed by atoms with Crippen molar-refractivity contribution in [3.05, 3.63) is 35.9 Å². The average molecular weight is 317 g/mol. The molecule has 0 aromatic heterocycles. The number of hydrogen-bond donors (Lipinski definition) is 1. The Bertz CT molecular complexity index is 566. The van der Waals surface area contributed by atoms with E-state index in [0.29, 0.717) is 13.0 Å². The van der Waals surface area contributed by atoms with Crippen LogP contribution >= 0.6 is 0 Å². The molecule has 1 spiro atoms. The highest BCUT2D eigenvalue weighted by Gasteiger charge is 2.45. The van der Waals surface area contributed by atoms with Crippen molar-refractivity contribution in [2.75, 3.05) is 6.54 Å². The summed E-state index contributed by atoms with van der Waals surface area (Å²) in [6.45, 7) is 0.688. The van der Waals surface area contributed by atoms with Gasteiger partial charge in [0.1, 0.15) is 12.6 Å². The molecule has 1 aromatic carbocycles. The molecule has 0 bridgehead atoms. The van der Waals surface area contributed by atoms with Crippen molar-refractivity contribution in [2.45, 2.75) is 51.2 Å². The van der Waals surface area contributed by atoms with Crippen molar-refractivity contribution in [3.63, 3.8) is 0 Å². The topological polar surface area (TPSA) is 66.8 Å². The number of amides is 1. The molecule has 0 radical (unpaired) electrons. The van der Waals surface area contributed by atoms with E-state index >= 15 is 0 Å². The first-order valence-corrected chi connectivity index (χ1v) is 8.30. The van der Waals surface area contributed by atoms with Gasteiger partial charge in [0.25, 0.3) is 0 Å². The highest BCUT2D eigenvalue weighted by molar-refractivity contribution is 5.80. The van der Waals surface area contributed by atoms with E-state index in [1.54, 1.807) is 0 Å². The summed E-state index contributed by atoms with van der Waals surface area (Å²) in [6, 6.07) is 8.69. The molecule has 1 heterocycles. The minimum absolute atomic E-state index is 0.109. The lowest BCUT2D eigenvalue weighted by Crippen LogP contribution is -2.54. The van der Waals surface area contributed by atoms with Crippen LogP contribution in [0.3, 0.4) is 0 Å². The third-order valence-corrected chi connectivity index (χ3v) is 5.22. The Hall–Kier alpha value is -2.04. The van der Waals surface area contributed by atoms with Gasteiger partial charge in [-0.15, -0.1) is 0 Å². The molecular formula is C18H23NO4. The predicted octanol–water partition coefficient (Wildman–Crippen LogP) is 3.43. The van der Waals surface area contributed by atoms with Crippen molar-refractivity contribution in [1.82, 2.24) is 4.90 Å². The number of carboxylic acid groups (broad SMARTS) is 1. The third kappa shape index (κ3) is 3.49. The number of carboxylic acids is 1. The smallest absolute Gasteiger partial charge is 0.410 e. The van der Waals surface area contributed by atoms with Gasteiger partial charge in [-0.3, -0.25) is 4.90 Å². The lowest BCUT2D eigenvalue weighted by Gasteiger charge is -2.43. The summed E-state index contributed by atoms with van der Waals surface area (Å²) < 4.78 is 5.37. The molecule has 1 N–H and O–H groups in total.